The number of hydrazone groups is 1. The monoisotopic (exact) mass is 493 g/mol. The van der Waals surface area contributed by atoms with Crippen LogP contribution in [0.5, 0.6) is 5.75 Å². The Balaban J connectivity index is 1.38. The maximum atomic E-state index is 13.3. The number of hydrogen-bond acceptors (Lipinski definition) is 9. The highest BCUT2D eigenvalue weighted by molar-refractivity contribution is 7.99. The topological polar surface area (TPSA) is 107 Å². The quantitative estimate of drug-likeness (QED) is 0.299. The van der Waals surface area contributed by atoms with Gasteiger partial charge in [0.15, 0.2) is 5.16 Å². The van der Waals surface area contributed by atoms with E-state index in [4.69, 9.17) is 14.9 Å². The number of carbonyl (C=O) groups excluding carboxylic acids is 1. The van der Waals surface area contributed by atoms with Crippen molar-refractivity contribution in [2.45, 2.75) is 31.5 Å². The van der Waals surface area contributed by atoms with Crippen molar-refractivity contribution in [1.29, 1.82) is 0 Å². The number of nitrogen functional groups attached to an aromatic ring is 1. The highest BCUT2D eigenvalue weighted by Crippen LogP contribution is 2.36. The number of rotatable bonds is 6. The van der Waals surface area contributed by atoms with Gasteiger partial charge in [-0.05, 0) is 61.4 Å². The van der Waals surface area contributed by atoms with E-state index in [0.29, 0.717) is 23.2 Å². The summed E-state index contributed by atoms with van der Waals surface area (Å²) in [7, 11) is 1.63. The first-order chi connectivity index (χ1) is 16.4. The van der Waals surface area contributed by atoms with Gasteiger partial charge >= 0.3 is 0 Å². The summed E-state index contributed by atoms with van der Waals surface area (Å²) in [6, 6.07) is 11.0. The summed E-state index contributed by atoms with van der Waals surface area (Å²) in [4.78, 5) is 24.3. The molecular formula is C24H23N5O3S2. The van der Waals surface area contributed by atoms with Gasteiger partial charge in [0.1, 0.15) is 28.2 Å². The Labute approximate surface area is 204 Å². The van der Waals surface area contributed by atoms with Gasteiger partial charge in [0.05, 0.1) is 30.2 Å². The minimum Gasteiger partial charge on any atom is -0.497 e. The molecule has 34 heavy (non-hydrogen) atoms. The molecule has 0 bridgehead atoms. The molecule has 1 aliphatic rings. The molecule has 1 atom stereocenters. The van der Waals surface area contributed by atoms with Crippen LogP contribution < -0.4 is 10.5 Å². The zero-order chi connectivity index (χ0) is 23.8. The Morgan fingerprint density at radius 1 is 1.26 bits per heavy atom. The molecule has 0 spiro atoms. The summed E-state index contributed by atoms with van der Waals surface area (Å²) < 4.78 is 10.9. The molecule has 1 aliphatic heterocycles. The van der Waals surface area contributed by atoms with Crippen molar-refractivity contribution in [3.63, 3.8) is 0 Å². The molecule has 8 nitrogen and oxygen atoms in total. The van der Waals surface area contributed by atoms with Gasteiger partial charge in [-0.15, -0.1) is 11.3 Å². The molecule has 1 unspecified atom stereocenters. The van der Waals surface area contributed by atoms with Gasteiger partial charge in [-0.1, -0.05) is 11.8 Å². The molecule has 4 aromatic rings. The SMILES string of the molecule is COc1ccc(C2=NN(C(=O)CSc3nc(N)c4c(C)c(C)sc4n3)C(c3ccco3)C2)cc1. The van der Waals surface area contributed by atoms with E-state index in [1.54, 1.807) is 24.7 Å². The minimum atomic E-state index is -0.309. The third-order valence-electron chi connectivity index (χ3n) is 5.82. The van der Waals surface area contributed by atoms with Gasteiger partial charge in [0.2, 0.25) is 0 Å². The Morgan fingerprint density at radius 3 is 2.76 bits per heavy atom. The fourth-order valence-electron chi connectivity index (χ4n) is 3.92. The van der Waals surface area contributed by atoms with Gasteiger partial charge in [0.25, 0.3) is 5.91 Å². The number of nitrogens with two attached hydrogens (primary N) is 1. The number of methoxy groups -OCH3 is 1. The molecule has 3 aromatic heterocycles. The zero-order valence-electron chi connectivity index (χ0n) is 18.9. The first-order valence-electron chi connectivity index (χ1n) is 10.7. The van der Waals surface area contributed by atoms with E-state index >= 15 is 0 Å². The first-order valence-corrected chi connectivity index (χ1v) is 12.5. The third kappa shape index (κ3) is 4.14. The lowest BCUT2D eigenvalue weighted by Crippen LogP contribution is -2.28. The van der Waals surface area contributed by atoms with Crippen LogP contribution >= 0.6 is 23.1 Å². The third-order valence-corrected chi connectivity index (χ3v) is 7.75. The number of fused-ring (bicyclic) bond motifs is 1. The Morgan fingerprint density at radius 2 is 2.06 bits per heavy atom. The molecule has 1 aromatic carbocycles. The molecule has 0 radical (unpaired) electrons. The largest absolute Gasteiger partial charge is 0.497 e. The van der Waals surface area contributed by atoms with Gasteiger partial charge in [-0.3, -0.25) is 4.79 Å². The number of anilines is 1. The fourth-order valence-corrected chi connectivity index (χ4v) is 5.72. The highest BCUT2D eigenvalue weighted by Gasteiger charge is 2.35. The number of aryl methyl sites for hydroxylation is 2. The summed E-state index contributed by atoms with van der Waals surface area (Å²) in [5.41, 5.74) is 9.04. The average molecular weight is 494 g/mol. The van der Waals surface area contributed by atoms with Crippen molar-refractivity contribution < 1.29 is 13.9 Å². The van der Waals surface area contributed by atoms with Crippen molar-refractivity contribution >= 4 is 50.8 Å². The summed E-state index contributed by atoms with van der Waals surface area (Å²) in [6.45, 7) is 4.06. The smallest absolute Gasteiger partial charge is 0.253 e. The molecule has 0 fully saturated rings. The molecule has 0 aliphatic carbocycles. The van der Waals surface area contributed by atoms with Crippen LogP contribution in [0.1, 0.15) is 34.2 Å². The second-order valence-electron chi connectivity index (χ2n) is 7.89. The Hall–Kier alpha value is -3.37. The van der Waals surface area contributed by atoms with E-state index in [-0.39, 0.29) is 17.7 Å². The molecule has 5 rings (SSSR count). The number of benzene rings is 1. The van der Waals surface area contributed by atoms with Crippen LogP contribution in [0, 0.1) is 13.8 Å². The van der Waals surface area contributed by atoms with Crippen LogP contribution in [-0.2, 0) is 4.79 Å². The summed E-state index contributed by atoms with van der Waals surface area (Å²) in [5, 5.41) is 7.55. The van der Waals surface area contributed by atoms with E-state index < -0.39 is 0 Å². The van der Waals surface area contributed by atoms with E-state index in [0.717, 1.165) is 37.7 Å². The molecule has 0 saturated heterocycles. The maximum Gasteiger partial charge on any atom is 0.253 e. The number of nitrogens with zero attached hydrogens (tertiary/aromatic N) is 4. The van der Waals surface area contributed by atoms with Gasteiger partial charge in [-0.25, -0.2) is 15.0 Å². The molecule has 4 heterocycles. The summed E-state index contributed by atoms with van der Waals surface area (Å²) in [6.07, 6.45) is 2.16. The van der Waals surface area contributed by atoms with Gasteiger partial charge in [-0.2, -0.15) is 5.10 Å². The van der Waals surface area contributed by atoms with Crippen molar-refractivity contribution in [1.82, 2.24) is 15.0 Å². The normalized spacial score (nSPS) is 15.7. The lowest BCUT2D eigenvalue weighted by atomic mass is 10.0. The summed E-state index contributed by atoms with van der Waals surface area (Å²) >= 11 is 2.84. The van der Waals surface area contributed by atoms with Crippen molar-refractivity contribution in [3.8, 4) is 5.75 Å². The average Bonchev–Trinajstić information content (AvgIpc) is 3.57. The van der Waals surface area contributed by atoms with Crippen LogP contribution in [0.15, 0.2) is 57.3 Å². The lowest BCUT2D eigenvalue weighted by molar-refractivity contribution is -0.130. The highest BCUT2D eigenvalue weighted by atomic mass is 32.2. The predicted octanol–water partition coefficient (Wildman–Crippen LogP) is 4.96. The second-order valence-corrected chi connectivity index (χ2v) is 10.0. The van der Waals surface area contributed by atoms with Crippen molar-refractivity contribution in [2.24, 2.45) is 5.10 Å². The predicted molar refractivity (Wildman–Crippen MR) is 134 cm³/mol. The van der Waals surface area contributed by atoms with E-state index in [9.17, 15) is 4.79 Å². The molecule has 1 amide bonds. The Bertz CT molecular complexity index is 1380. The van der Waals surface area contributed by atoms with E-state index in [1.165, 1.54) is 16.8 Å². The summed E-state index contributed by atoms with van der Waals surface area (Å²) in [5.74, 6) is 1.87. The van der Waals surface area contributed by atoms with Crippen LogP contribution in [0.4, 0.5) is 5.82 Å². The fraction of sp³-hybridized carbons (Fsp3) is 0.250. The van der Waals surface area contributed by atoms with Crippen LogP contribution in [-0.4, -0.2) is 39.5 Å². The Kier molecular flexibility index (Phi) is 6.01. The van der Waals surface area contributed by atoms with Crippen molar-refractivity contribution in [2.75, 3.05) is 18.6 Å². The van der Waals surface area contributed by atoms with Crippen LogP contribution in [0.25, 0.3) is 10.2 Å². The van der Waals surface area contributed by atoms with Gasteiger partial charge in [0, 0.05) is 11.3 Å². The van der Waals surface area contributed by atoms with E-state index in [2.05, 4.69) is 15.1 Å². The number of amides is 1. The van der Waals surface area contributed by atoms with Crippen LogP contribution in [0.3, 0.4) is 0 Å². The number of ether oxygens (including phenoxy) is 1. The molecular weight excluding hydrogens is 470 g/mol. The van der Waals surface area contributed by atoms with Gasteiger partial charge < -0.3 is 14.9 Å². The lowest BCUT2D eigenvalue weighted by Gasteiger charge is -2.19. The number of hydrogen-bond donors (Lipinski definition) is 1. The van der Waals surface area contributed by atoms with E-state index in [1.807, 2.05) is 50.2 Å². The second kappa shape index (κ2) is 9.11. The maximum absolute atomic E-state index is 13.3. The number of carbonyl (C=O) groups is 1. The number of aromatic nitrogens is 2. The molecule has 10 heteroatoms. The number of thioether (sulfide) groups is 1. The molecule has 2 N–H and O–H groups in total. The standard InChI is InChI=1S/C24H23N5O3S2/c1-13-14(2)34-23-21(13)22(25)26-24(27-23)33-12-20(30)29-18(19-5-4-10-32-19)11-17(28-29)15-6-8-16(31-3)9-7-15/h4-10,18H,11-12H2,1-3H3,(H2,25,26,27). The number of thiophene rings is 1. The molecule has 174 valence electrons. The number of furan rings is 1. The zero-order valence-corrected chi connectivity index (χ0v) is 20.6. The molecule has 0 saturated carbocycles. The van der Waals surface area contributed by atoms with Crippen molar-refractivity contribution in [3.05, 3.63) is 64.4 Å². The first kappa shape index (κ1) is 22.4. The minimum absolute atomic E-state index is 0.130. The van der Waals surface area contributed by atoms with Crippen LogP contribution in [0.2, 0.25) is 0 Å².